The van der Waals surface area contributed by atoms with Crippen molar-refractivity contribution in [1.82, 2.24) is 0 Å². The Morgan fingerprint density at radius 3 is 1.75 bits per heavy atom. The molecule has 0 atom stereocenters. The van der Waals surface area contributed by atoms with E-state index in [4.69, 9.17) is 9.47 Å². The summed E-state index contributed by atoms with van der Waals surface area (Å²) in [6.45, 7) is 0. The van der Waals surface area contributed by atoms with Crippen LogP contribution >= 0.6 is 0 Å². The molecule has 0 fully saturated rings. The third kappa shape index (κ3) is 4.98. The molecule has 0 saturated heterocycles. The van der Waals surface area contributed by atoms with Crippen LogP contribution in [0.3, 0.4) is 0 Å². The average Bonchev–Trinajstić information content (AvgIpc) is 3.36. The average molecular weight is 654 g/mol. The monoisotopic (exact) mass is 653 g/mol. The molecule has 240 valence electrons. The van der Waals surface area contributed by atoms with Gasteiger partial charge in [-0.15, -0.1) is 0 Å². The highest BCUT2D eigenvalue weighted by atomic mass is 16.5. The van der Waals surface area contributed by atoms with Crippen molar-refractivity contribution >= 4 is 49.4 Å². The highest BCUT2D eigenvalue weighted by molar-refractivity contribution is 6.13. The quantitative estimate of drug-likeness (QED) is 0.173. The first kappa shape index (κ1) is 29.1. The second-order valence-electron chi connectivity index (χ2n) is 12.9. The normalized spacial score (nSPS) is 11.8. The van der Waals surface area contributed by atoms with Crippen molar-refractivity contribution in [1.29, 1.82) is 0 Å². The number of fused-ring (bicyclic) bond motifs is 4. The largest absolute Gasteiger partial charge is 0.453 e. The number of rotatable bonds is 5. The third-order valence-corrected chi connectivity index (χ3v) is 9.89. The van der Waals surface area contributed by atoms with Gasteiger partial charge in [-0.1, -0.05) is 127 Å². The molecule has 0 unspecified atom stereocenters. The minimum atomic E-state index is 0.684. The summed E-state index contributed by atoms with van der Waals surface area (Å²) in [7, 11) is 0. The zero-order chi connectivity index (χ0) is 33.7. The second kappa shape index (κ2) is 11.9. The summed E-state index contributed by atoms with van der Waals surface area (Å²) < 4.78 is 13.0. The lowest BCUT2D eigenvalue weighted by atomic mass is 9.93. The van der Waals surface area contributed by atoms with Gasteiger partial charge in [0.15, 0.2) is 11.5 Å². The first-order chi connectivity index (χ1) is 25.3. The summed E-state index contributed by atoms with van der Waals surface area (Å²) in [6, 6.07) is 66.2. The molecule has 1 aliphatic heterocycles. The number of hydrogen-bond donors (Lipinski definition) is 0. The van der Waals surface area contributed by atoms with Crippen LogP contribution in [0.4, 0.5) is 17.1 Å². The lowest BCUT2D eigenvalue weighted by Crippen LogP contribution is -2.11. The molecule has 0 saturated carbocycles. The summed E-state index contributed by atoms with van der Waals surface area (Å²) >= 11 is 0. The molecule has 3 nitrogen and oxygen atoms in total. The van der Waals surface area contributed by atoms with Crippen LogP contribution in [0.25, 0.3) is 54.6 Å². The minimum absolute atomic E-state index is 0.684. The molecule has 0 radical (unpaired) electrons. The van der Waals surface area contributed by atoms with Crippen molar-refractivity contribution in [3.05, 3.63) is 188 Å². The van der Waals surface area contributed by atoms with Gasteiger partial charge in [0, 0.05) is 16.9 Å². The Hall–Kier alpha value is -6.84. The lowest BCUT2D eigenvalue weighted by Gasteiger charge is -2.28. The van der Waals surface area contributed by atoms with Crippen LogP contribution in [-0.2, 0) is 0 Å². The van der Waals surface area contributed by atoms with Crippen LogP contribution in [0.15, 0.2) is 188 Å². The maximum atomic E-state index is 6.58. The Balaban J connectivity index is 1.08. The van der Waals surface area contributed by atoms with Gasteiger partial charge >= 0.3 is 0 Å². The number of hydrogen-bond acceptors (Lipinski definition) is 3. The van der Waals surface area contributed by atoms with Gasteiger partial charge < -0.3 is 14.4 Å². The minimum Gasteiger partial charge on any atom is -0.453 e. The van der Waals surface area contributed by atoms with Gasteiger partial charge in [0.25, 0.3) is 0 Å². The molecule has 0 N–H and O–H groups in total. The fourth-order valence-corrected chi connectivity index (χ4v) is 7.52. The van der Waals surface area contributed by atoms with Crippen LogP contribution in [0.1, 0.15) is 0 Å². The van der Waals surface area contributed by atoms with E-state index in [0.717, 1.165) is 50.5 Å². The maximum Gasteiger partial charge on any atom is 0.170 e. The summed E-state index contributed by atoms with van der Waals surface area (Å²) in [4.78, 5) is 2.33. The van der Waals surface area contributed by atoms with E-state index in [2.05, 4.69) is 163 Å². The number of anilines is 3. The lowest BCUT2D eigenvalue weighted by molar-refractivity contribution is 0.439. The van der Waals surface area contributed by atoms with Crippen LogP contribution in [0, 0.1) is 0 Å². The fourth-order valence-electron chi connectivity index (χ4n) is 7.52. The Labute approximate surface area is 296 Å². The molecule has 3 heteroatoms. The Bertz CT molecular complexity index is 2750. The second-order valence-corrected chi connectivity index (χ2v) is 12.9. The summed E-state index contributed by atoms with van der Waals surface area (Å²) in [6.07, 6.45) is 0. The van der Waals surface area contributed by atoms with Crippen LogP contribution in [0.5, 0.6) is 23.0 Å². The molecule has 0 amide bonds. The first-order valence-corrected chi connectivity index (χ1v) is 17.3. The van der Waals surface area contributed by atoms with E-state index in [1.54, 1.807) is 0 Å². The van der Waals surface area contributed by atoms with Gasteiger partial charge in [0.2, 0.25) is 0 Å². The highest BCUT2D eigenvalue weighted by Gasteiger charge is 2.22. The van der Waals surface area contributed by atoms with Gasteiger partial charge in [-0.2, -0.15) is 0 Å². The van der Waals surface area contributed by atoms with Crippen molar-refractivity contribution in [3.63, 3.8) is 0 Å². The highest BCUT2D eigenvalue weighted by Crippen LogP contribution is 2.48. The van der Waals surface area contributed by atoms with Gasteiger partial charge in [-0.05, 0) is 104 Å². The third-order valence-electron chi connectivity index (χ3n) is 9.89. The zero-order valence-corrected chi connectivity index (χ0v) is 27.7. The number of para-hydroxylation sites is 2. The van der Waals surface area contributed by atoms with E-state index in [-0.39, 0.29) is 0 Å². The summed E-state index contributed by atoms with van der Waals surface area (Å²) in [5, 5.41) is 7.10. The Kier molecular flexibility index (Phi) is 6.81. The van der Waals surface area contributed by atoms with Crippen LogP contribution in [-0.4, -0.2) is 0 Å². The molecule has 0 aliphatic carbocycles. The van der Waals surface area contributed by atoms with E-state index in [1.165, 1.54) is 32.7 Å². The molecule has 9 aromatic carbocycles. The molecular weight excluding hydrogens is 623 g/mol. The van der Waals surface area contributed by atoms with Crippen molar-refractivity contribution < 1.29 is 9.47 Å². The van der Waals surface area contributed by atoms with Crippen molar-refractivity contribution in [2.75, 3.05) is 4.90 Å². The van der Waals surface area contributed by atoms with E-state index in [0.29, 0.717) is 11.5 Å². The molecule has 0 aromatic heterocycles. The van der Waals surface area contributed by atoms with Crippen LogP contribution < -0.4 is 14.4 Å². The Morgan fingerprint density at radius 2 is 0.941 bits per heavy atom. The molecule has 0 spiro atoms. The predicted octanol–water partition coefficient (Wildman–Crippen LogP) is 13.8. The smallest absolute Gasteiger partial charge is 0.170 e. The molecule has 0 bridgehead atoms. The van der Waals surface area contributed by atoms with Crippen molar-refractivity contribution in [2.45, 2.75) is 0 Å². The fraction of sp³-hybridized carbons (Fsp3) is 0. The van der Waals surface area contributed by atoms with E-state index in [1.807, 2.05) is 30.3 Å². The van der Waals surface area contributed by atoms with Gasteiger partial charge in [0.1, 0.15) is 11.5 Å². The van der Waals surface area contributed by atoms with Gasteiger partial charge in [0.05, 0.1) is 11.1 Å². The number of nitrogens with zero attached hydrogens (tertiary/aromatic N) is 1. The molecule has 1 heterocycles. The van der Waals surface area contributed by atoms with Crippen molar-refractivity contribution in [3.8, 4) is 45.3 Å². The molecule has 10 rings (SSSR count). The predicted molar refractivity (Wildman–Crippen MR) is 211 cm³/mol. The van der Waals surface area contributed by atoms with E-state index >= 15 is 0 Å². The van der Waals surface area contributed by atoms with Crippen molar-refractivity contribution in [2.24, 2.45) is 0 Å². The van der Waals surface area contributed by atoms with Gasteiger partial charge in [-0.3, -0.25) is 0 Å². The molecule has 51 heavy (non-hydrogen) atoms. The summed E-state index contributed by atoms with van der Waals surface area (Å²) in [5.74, 6) is 2.96. The summed E-state index contributed by atoms with van der Waals surface area (Å²) in [5.41, 5.74) is 7.73. The SMILES string of the molecule is c1ccc(N(c2ccc(-c3cc4ccccc4c4ccccc34)cc2)c2ccccc2-c2ccc3c(c2)Oc2cccc4cccc(c24)O3)cc1. The van der Waals surface area contributed by atoms with E-state index in [9.17, 15) is 0 Å². The number of benzene rings is 9. The maximum absolute atomic E-state index is 6.58. The topological polar surface area (TPSA) is 21.7 Å². The molecule has 1 aliphatic rings. The zero-order valence-electron chi connectivity index (χ0n) is 27.7. The van der Waals surface area contributed by atoms with E-state index < -0.39 is 0 Å². The molecular formula is C48H31NO2. The standard InChI is InChI=1S/C48H31NO2/c1-2-15-36(16-3-1)49(37-27-24-32(25-28-37)42-30-34-12-4-5-17-38(34)40-19-6-7-20-41(40)42)43-21-9-8-18-39(43)35-26-29-44-47(31-35)51-46-23-11-14-33-13-10-22-45(50-44)48(33)46/h1-31H. The Morgan fingerprint density at radius 1 is 0.333 bits per heavy atom. The number of ether oxygens (including phenoxy) is 2. The molecule has 9 aromatic rings. The first-order valence-electron chi connectivity index (χ1n) is 17.3. The van der Waals surface area contributed by atoms with Gasteiger partial charge in [-0.25, -0.2) is 0 Å². The van der Waals surface area contributed by atoms with Crippen LogP contribution in [0.2, 0.25) is 0 Å².